The van der Waals surface area contributed by atoms with Gasteiger partial charge in [0.15, 0.2) is 0 Å². The second kappa shape index (κ2) is 9.21. The number of nitrogens with zero attached hydrogens (tertiary/aromatic N) is 2. The van der Waals surface area contributed by atoms with Gasteiger partial charge in [0, 0.05) is 29.4 Å². The Hall–Kier alpha value is -3.61. The summed E-state index contributed by atoms with van der Waals surface area (Å²) in [5, 5.41) is 3.14. The number of amides is 3. The van der Waals surface area contributed by atoms with Crippen LogP contribution in [-0.2, 0) is 22.6 Å². The Bertz CT molecular complexity index is 1400. The van der Waals surface area contributed by atoms with E-state index >= 15 is 0 Å². The lowest BCUT2D eigenvalue weighted by Gasteiger charge is -2.29. The number of aryl methyl sites for hydroxylation is 1. The first kappa shape index (κ1) is 23.1. The Labute approximate surface area is 212 Å². The number of carbonyl (C=O) groups excluding carboxylic acids is 3. The van der Waals surface area contributed by atoms with Crippen molar-refractivity contribution < 1.29 is 14.4 Å². The van der Waals surface area contributed by atoms with Gasteiger partial charge in [0.25, 0.3) is 17.7 Å². The number of hydrogen-bond donors (Lipinski definition) is 1. The monoisotopic (exact) mass is 505 g/mol. The zero-order chi connectivity index (χ0) is 24.7. The first-order valence-electron chi connectivity index (χ1n) is 11.1. The van der Waals surface area contributed by atoms with Crippen molar-refractivity contribution in [1.82, 2.24) is 4.90 Å². The quantitative estimate of drug-likeness (QED) is 0.489. The Kier molecular flexibility index (Phi) is 6.09. The molecule has 1 N–H and O–H groups in total. The third-order valence-corrected chi connectivity index (χ3v) is 6.84. The minimum Gasteiger partial charge on any atom is -0.350 e. The molecule has 176 valence electrons. The second-order valence-corrected chi connectivity index (χ2v) is 9.33. The van der Waals surface area contributed by atoms with Crippen LogP contribution in [0.5, 0.6) is 0 Å². The van der Waals surface area contributed by atoms with Crippen molar-refractivity contribution in [3.8, 4) is 0 Å². The van der Waals surface area contributed by atoms with Gasteiger partial charge in [0.1, 0.15) is 10.7 Å². The van der Waals surface area contributed by atoms with Crippen LogP contribution in [0.25, 0.3) is 0 Å². The highest BCUT2D eigenvalue weighted by Crippen LogP contribution is 2.33. The number of fused-ring (bicyclic) bond motifs is 1. The summed E-state index contributed by atoms with van der Waals surface area (Å²) in [7, 11) is 0. The fourth-order valence-electron chi connectivity index (χ4n) is 4.35. The number of halogens is 2. The van der Waals surface area contributed by atoms with Crippen LogP contribution in [-0.4, -0.2) is 29.2 Å². The maximum atomic E-state index is 13.1. The van der Waals surface area contributed by atoms with E-state index in [-0.39, 0.29) is 16.6 Å². The SMILES string of the molecule is Cc1ccc(Cl)cc1N1C(=O)C(Cl)=C(Nc2ccc(C(=O)N3CCc4ccccc4C3)cc2)C1=O. The van der Waals surface area contributed by atoms with E-state index < -0.39 is 11.8 Å². The number of benzene rings is 3. The van der Waals surface area contributed by atoms with E-state index in [1.54, 1.807) is 49.4 Å². The summed E-state index contributed by atoms with van der Waals surface area (Å²) >= 11 is 12.3. The Balaban J connectivity index is 1.31. The van der Waals surface area contributed by atoms with Crippen LogP contribution < -0.4 is 10.2 Å². The summed E-state index contributed by atoms with van der Waals surface area (Å²) in [5.74, 6) is -1.25. The molecule has 0 aliphatic carbocycles. The van der Waals surface area contributed by atoms with Crippen LogP contribution in [0.4, 0.5) is 11.4 Å². The Morgan fingerprint density at radius 3 is 2.37 bits per heavy atom. The summed E-state index contributed by atoms with van der Waals surface area (Å²) in [4.78, 5) is 41.7. The fourth-order valence-corrected chi connectivity index (χ4v) is 4.72. The topological polar surface area (TPSA) is 69.7 Å². The molecule has 3 aromatic rings. The molecule has 2 aliphatic rings. The lowest BCUT2D eigenvalue weighted by atomic mass is 9.99. The molecular weight excluding hydrogens is 485 g/mol. The lowest BCUT2D eigenvalue weighted by molar-refractivity contribution is -0.120. The molecule has 0 atom stereocenters. The molecule has 2 aliphatic heterocycles. The van der Waals surface area contributed by atoms with E-state index in [2.05, 4.69) is 11.4 Å². The molecule has 0 aromatic heterocycles. The highest BCUT2D eigenvalue weighted by molar-refractivity contribution is 6.53. The maximum absolute atomic E-state index is 13.1. The molecular formula is C27H21Cl2N3O3. The van der Waals surface area contributed by atoms with Crippen LogP contribution in [0, 0.1) is 6.92 Å². The third kappa shape index (κ3) is 4.31. The van der Waals surface area contributed by atoms with E-state index in [9.17, 15) is 14.4 Å². The number of rotatable bonds is 4. The van der Waals surface area contributed by atoms with Gasteiger partial charge in [-0.3, -0.25) is 14.4 Å². The molecule has 0 saturated carbocycles. The molecule has 6 nitrogen and oxygen atoms in total. The molecule has 0 spiro atoms. The molecule has 0 fully saturated rings. The molecule has 8 heteroatoms. The van der Waals surface area contributed by atoms with Crippen molar-refractivity contribution >= 4 is 52.3 Å². The van der Waals surface area contributed by atoms with Gasteiger partial charge < -0.3 is 10.2 Å². The minimum atomic E-state index is -0.623. The van der Waals surface area contributed by atoms with Gasteiger partial charge >= 0.3 is 0 Å². The van der Waals surface area contributed by atoms with Crippen molar-refractivity contribution in [2.24, 2.45) is 0 Å². The molecule has 0 unspecified atom stereocenters. The van der Waals surface area contributed by atoms with E-state index in [4.69, 9.17) is 23.2 Å². The maximum Gasteiger partial charge on any atom is 0.283 e. The molecule has 0 radical (unpaired) electrons. The van der Waals surface area contributed by atoms with Crippen molar-refractivity contribution in [3.63, 3.8) is 0 Å². The minimum absolute atomic E-state index is 0.0252. The average Bonchev–Trinajstić information content (AvgIpc) is 3.08. The van der Waals surface area contributed by atoms with Crippen molar-refractivity contribution in [2.75, 3.05) is 16.8 Å². The number of anilines is 2. The van der Waals surface area contributed by atoms with Crippen LogP contribution in [0.15, 0.2) is 77.5 Å². The lowest BCUT2D eigenvalue weighted by Crippen LogP contribution is -2.35. The molecule has 0 saturated heterocycles. The summed E-state index contributed by atoms with van der Waals surface area (Å²) in [6.07, 6.45) is 0.826. The Morgan fingerprint density at radius 2 is 1.63 bits per heavy atom. The van der Waals surface area contributed by atoms with Crippen LogP contribution >= 0.6 is 23.2 Å². The average molecular weight is 506 g/mol. The zero-order valence-corrected chi connectivity index (χ0v) is 20.4. The molecule has 35 heavy (non-hydrogen) atoms. The molecule has 0 bridgehead atoms. The van der Waals surface area contributed by atoms with E-state index in [0.717, 1.165) is 16.9 Å². The highest BCUT2D eigenvalue weighted by Gasteiger charge is 2.39. The Morgan fingerprint density at radius 1 is 0.914 bits per heavy atom. The van der Waals surface area contributed by atoms with Crippen molar-refractivity contribution in [2.45, 2.75) is 19.9 Å². The van der Waals surface area contributed by atoms with Crippen LogP contribution in [0.2, 0.25) is 5.02 Å². The van der Waals surface area contributed by atoms with Gasteiger partial charge in [-0.05, 0) is 66.4 Å². The number of nitrogens with one attached hydrogen (secondary N) is 1. The number of hydrogen-bond acceptors (Lipinski definition) is 4. The first-order valence-corrected chi connectivity index (χ1v) is 11.9. The van der Waals surface area contributed by atoms with E-state index in [0.29, 0.717) is 40.6 Å². The van der Waals surface area contributed by atoms with Gasteiger partial charge in [-0.2, -0.15) is 0 Å². The van der Waals surface area contributed by atoms with Crippen molar-refractivity contribution in [3.05, 3.63) is 105 Å². The van der Waals surface area contributed by atoms with Crippen LogP contribution in [0.1, 0.15) is 27.0 Å². The summed E-state index contributed by atoms with van der Waals surface area (Å²) in [6, 6.07) is 19.9. The number of carbonyl (C=O) groups is 3. The largest absolute Gasteiger partial charge is 0.350 e. The molecule has 2 heterocycles. The standard InChI is InChI=1S/C27H21Cl2N3O3/c1-16-6-9-20(28)14-22(16)32-26(34)23(29)24(27(32)35)30-21-10-7-18(8-11-21)25(33)31-13-12-17-4-2-3-5-19(17)15-31/h2-11,14,30H,12-13,15H2,1H3. The van der Waals surface area contributed by atoms with Crippen LogP contribution in [0.3, 0.4) is 0 Å². The van der Waals surface area contributed by atoms with E-state index in [1.807, 2.05) is 23.1 Å². The summed E-state index contributed by atoms with van der Waals surface area (Å²) < 4.78 is 0. The van der Waals surface area contributed by atoms with Gasteiger partial charge in [0.05, 0.1) is 5.69 Å². The fraction of sp³-hybridized carbons (Fsp3) is 0.148. The van der Waals surface area contributed by atoms with Gasteiger partial charge in [0.2, 0.25) is 0 Å². The van der Waals surface area contributed by atoms with E-state index in [1.165, 1.54) is 5.56 Å². The first-order chi connectivity index (χ1) is 16.8. The molecule has 3 aromatic carbocycles. The van der Waals surface area contributed by atoms with Crippen molar-refractivity contribution in [1.29, 1.82) is 0 Å². The third-order valence-electron chi connectivity index (χ3n) is 6.26. The van der Waals surface area contributed by atoms with Gasteiger partial charge in [-0.15, -0.1) is 0 Å². The molecule has 5 rings (SSSR count). The highest BCUT2D eigenvalue weighted by atomic mass is 35.5. The number of imide groups is 1. The smallest absolute Gasteiger partial charge is 0.283 e. The van der Waals surface area contributed by atoms with Gasteiger partial charge in [-0.25, -0.2) is 4.90 Å². The van der Waals surface area contributed by atoms with Gasteiger partial charge in [-0.1, -0.05) is 53.5 Å². The predicted molar refractivity (Wildman–Crippen MR) is 137 cm³/mol. The summed E-state index contributed by atoms with van der Waals surface area (Å²) in [6.45, 7) is 3.02. The predicted octanol–water partition coefficient (Wildman–Crippen LogP) is 5.28. The molecule has 3 amide bonds. The zero-order valence-electron chi connectivity index (χ0n) is 18.8. The normalized spacial score (nSPS) is 15.5. The second-order valence-electron chi connectivity index (χ2n) is 8.51. The summed E-state index contributed by atoms with van der Waals surface area (Å²) in [5.41, 5.74) is 4.58.